The summed E-state index contributed by atoms with van der Waals surface area (Å²) in [5.41, 5.74) is 4.08. The third-order valence-corrected chi connectivity index (χ3v) is 3.53. The number of carbonyl (C=O) groups is 1. The molecule has 0 aromatic heterocycles. The summed E-state index contributed by atoms with van der Waals surface area (Å²) in [5.74, 6) is -0.251. The molecule has 0 bridgehead atoms. The summed E-state index contributed by atoms with van der Waals surface area (Å²) in [6, 6.07) is 16.9. The quantitative estimate of drug-likeness (QED) is 0.583. The van der Waals surface area contributed by atoms with Gasteiger partial charge >= 0.3 is 0 Å². The van der Waals surface area contributed by atoms with Crippen molar-refractivity contribution in [2.24, 2.45) is 5.10 Å². The Bertz CT molecular complexity index is 664. The number of hydrogen-bond acceptors (Lipinski definition) is 2. The van der Waals surface area contributed by atoms with Gasteiger partial charge in [0.2, 0.25) is 0 Å². The van der Waals surface area contributed by atoms with Crippen molar-refractivity contribution in [2.75, 3.05) is 0 Å². The monoisotopic (exact) mass is 406 g/mol. The van der Waals surface area contributed by atoms with Gasteiger partial charge in [-0.05, 0) is 51.8 Å². The first-order valence-corrected chi connectivity index (χ1v) is 7.75. The normalized spacial score (nSPS) is 11.6. The lowest BCUT2D eigenvalue weighted by Crippen LogP contribution is -2.17. The maximum absolute atomic E-state index is 11.8. The number of hydrogen-bond donors (Lipinski definition) is 1. The molecule has 0 radical (unpaired) electrons. The van der Waals surface area contributed by atoms with Crippen molar-refractivity contribution in [1.82, 2.24) is 5.43 Å². The van der Waals surface area contributed by atoms with E-state index in [1.165, 1.54) is 0 Å². The smallest absolute Gasteiger partial charge is 0.267 e. The van der Waals surface area contributed by atoms with E-state index in [0.717, 1.165) is 14.5 Å². The van der Waals surface area contributed by atoms with Crippen LogP contribution in [0, 0.1) is 0 Å². The molecule has 2 aromatic carbocycles. The number of halogens is 2. The Balaban J connectivity index is 1.94. The van der Waals surface area contributed by atoms with Crippen molar-refractivity contribution in [1.29, 1.82) is 0 Å². The largest absolute Gasteiger partial charge is 0.271 e. The zero-order valence-electron chi connectivity index (χ0n) is 11.0. The topological polar surface area (TPSA) is 41.5 Å². The highest BCUT2D eigenvalue weighted by Crippen LogP contribution is 2.11. The van der Waals surface area contributed by atoms with Crippen molar-refractivity contribution >= 4 is 50.1 Å². The van der Waals surface area contributed by atoms with Crippen LogP contribution in [0.5, 0.6) is 0 Å². The van der Waals surface area contributed by atoms with Crippen LogP contribution in [0.25, 0.3) is 6.08 Å². The lowest BCUT2D eigenvalue weighted by atomic mass is 10.2. The molecule has 1 amide bonds. The Morgan fingerprint density at radius 2 is 1.71 bits per heavy atom. The second kappa shape index (κ2) is 7.90. The van der Waals surface area contributed by atoms with Crippen LogP contribution in [0.4, 0.5) is 0 Å². The zero-order chi connectivity index (χ0) is 15.1. The molecular formula is C16H12Br2N2O. The van der Waals surface area contributed by atoms with E-state index in [1.54, 1.807) is 18.3 Å². The fourth-order valence-corrected chi connectivity index (χ4v) is 2.20. The molecule has 2 aromatic rings. The Kier molecular flexibility index (Phi) is 5.90. The molecule has 0 saturated carbocycles. The fraction of sp³-hybridized carbons (Fsp3) is 0. The predicted octanol–water partition coefficient (Wildman–Crippen LogP) is 4.60. The Hall–Kier alpha value is -1.72. The van der Waals surface area contributed by atoms with Crippen LogP contribution in [-0.2, 0) is 0 Å². The molecule has 0 aliphatic carbocycles. The maximum Gasteiger partial charge on any atom is 0.271 e. The summed E-state index contributed by atoms with van der Waals surface area (Å²) in [5, 5.41) is 3.91. The summed E-state index contributed by atoms with van der Waals surface area (Å²) in [6.45, 7) is 0. The lowest BCUT2D eigenvalue weighted by Gasteiger charge is -1.99. The molecule has 2 rings (SSSR count). The van der Waals surface area contributed by atoms with E-state index >= 15 is 0 Å². The average molecular weight is 408 g/mol. The molecule has 0 saturated heterocycles. The van der Waals surface area contributed by atoms with Crippen LogP contribution in [0.2, 0.25) is 0 Å². The van der Waals surface area contributed by atoms with E-state index in [-0.39, 0.29) is 5.91 Å². The van der Waals surface area contributed by atoms with Gasteiger partial charge in [0.05, 0.1) is 6.21 Å². The molecule has 1 N–H and O–H groups in total. The average Bonchev–Trinajstić information content (AvgIpc) is 2.49. The van der Waals surface area contributed by atoms with Gasteiger partial charge in [0.15, 0.2) is 0 Å². The number of allylic oxidation sites excluding steroid dienone is 1. The highest BCUT2D eigenvalue weighted by Gasteiger charge is 2.02. The van der Waals surface area contributed by atoms with Crippen LogP contribution < -0.4 is 5.43 Å². The zero-order valence-corrected chi connectivity index (χ0v) is 14.1. The van der Waals surface area contributed by atoms with Crippen LogP contribution in [0.1, 0.15) is 15.9 Å². The Morgan fingerprint density at radius 3 is 2.38 bits per heavy atom. The van der Waals surface area contributed by atoms with E-state index in [2.05, 4.69) is 42.4 Å². The minimum absolute atomic E-state index is 0.251. The fourth-order valence-electron chi connectivity index (χ4n) is 1.56. The lowest BCUT2D eigenvalue weighted by molar-refractivity contribution is 0.0955. The molecule has 21 heavy (non-hydrogen) atoms. The van der Waals surface area contributed by atoms with Crippen LogP contribution in [0.15, 0.2) is 68.7 Å². The molecule has 0 heterocycles. The van der Waals surface area contributed by atoms with Gasteiger partial charge in [-0.3, -0.25) is 4.79 Å². The molecule has 0 fully saturated rings. The van der Waals surface area contributed by atoms with Gasteiger partial charge in [0, 0.05) is 14.5 Å². The van der Waals surface area contributed by atoms with Crippen LogP contribution >= 0.6 is 31.9 Å². The molecule has 3 nitrogen and oxygen atoms in total. The van der Waals surface area contributed by atoms with Gasteiger partial charge < -0.3 is 0 Å². The van der Waals surface area contributed by atoms with E-state index in [4.69, 9.17) is 0 Å². The van der Waals surface area contributed by atoms with Gasteiger partial charge in [-0.25, -0.2) is 5.43 Å². The molecule has 0 spiro atoms. The van der Waals surface area contributed by atoms with E-state index in [1.807, 2.05) is 48.5 Å². The van der Waals surface area contributed by atoms with E-state index in [9.17, 15) is 4.79 Å². The van der Waals surface area contributed by atoms with Gasteiger partial charge in [-0.1, -0.05) is 46.3 Å². The summed E-state index contributed by atoms with van der Waals surface area (Å²) in [6.07, 6.45) is 3.46. The first-order chi connectivity index (χ1) is 10.1. The highest BCUT2D eigenvalue weighted by atomic mass is 79.9. The van der Waals surface area contributed by atoms with Gasteiger partial charge in [-0.2, -0.15) is 5.10 Å². The molecule has 5 heteroatoms. The van der Waals surface area contributed by atoms with Crippen molar-refractivity contribution < 1.29 is 4.79 Å². The molecule has 0 aliphatic heterocycles. The Labute approximate surface area is 140 Å². The molecule has 0 aliphatic rings. The third-order valence-electron chi connectivity index (χ3n) is 2.56. The molecule has 106 valence electrons. The SMILES string of the molecule is O=C(NN=C/C(Br)=C\c1ccccc1)c1ccc(Br)cc1. The second-order valence-electron chi connectivity index (χ2n) is 4.15. The first-order valence-electron chi connectivity index (χ1n) is 6.16. The summed E-state index contributed by atoms with van der Waals surface area (Å²) >= 11 is 6.71. The number of nitrogens with one attached hydrogen (secondary N) is 1. The van der Waals surface area contributed by atoms with E-state index < -0.39 is 0 Å². The van der Waals surface area contributed by atoms with Gasteiger partial charge in [0.1, 0.15) is 0 Å². The standard InChI is InChI=1S/C16H12Br2N2O/c17-14-8-6-13(7-9-14)16(21)20-19-11-15(18)10-12-4-2-1-3-5-12/h1-11H,(H,20,21)/b15-10+,19-11?. The minimum Gasteiger partial charge on any atom is -0.267 e. The van der Waals surface area contributed by atoms with Crippen molar-refractivity contribution in [2.45, 2.75) is 0 Å². The molecular weight excluding hydrogens is 396 g/mol. The number of rotatable bonds is 4. The second-order valence-corrected chi connectivity index (χ2v) is 5.98. The maximum atomic E-state index is 11.8. The number of amides is 1. The number of hydrazone groups is 1. The van der Waals surface area contributed by atoms with Crippen molar-refractivity contribution in [3.63, 3.8) is 0 Å². The number of benzene rings is 2. The molecule has 0 atom stereocenters. The first kappa shape index (κ1) is 15.7. The number of nitrogens with zero attached hydrogens (tertiary/aromatic N) is 1. The highest BCUT2D eigenvalue weighted by molar-refractivity contribution is 9.12. The minimum atomic E-state index is -0.251. The van der Waals surface area contributed by atoms with Crippen LogP contribution in [-0.4, -0.2) is 12.1 Å². The summed E-state index contributed by atoms with van der Waals surface area (Å²) in [4.78, 5) is 11.8. The summed E-state index contributed by atoms with van der Waals surface area (Å²) in [7, 11) is 0. The van der Waals surface area contributed by atoms with Crippen molar-refractivity contribution in [3.05, 3.63) is 74.7 Å². The number of carbonyl (C=O) groups excluding carboxylic acids is 1. The Morgan fingerprint density at radius 1 is 1.05 bits per heavy atom. The summed E-state index contributed by atoms with van der Waals surface area (Å²) < 4.78 is 1.70. The van der Waals surface area contributed by atoms with Crippen molar-refractivity contribution in [3.8, 4) is 0 Å². The van der Waals surface area contributed by atoms with Gasteiger partial charge in [0.25, 0.3) is 5.91 Å². The van der Waals surface area contributed by atoms with Gasteiger partial charge in [-0.15, -0.1) is 0 Å². The predicted molar refractivity (Wildman–Crippen MR) is 93.4 cm³/mol. The third kappa shape index (κ3) is 5.28. The molecule has 0 unspecified atom stereocenters. The van der Waals surface area contributed by atoms with Crippen LogP contribution in [0.3, 0.4) is 0 Å². The van der Waals surface area contributed by atoms with E-state index in [0.29, 0.717) is 5.56 Å².